The van der Waals surface area contributed by atoms with Crippen molar-refractivity contribution in [2.75, 3.05) is 11.9 Å². The highest BCUT2D eigenvalue weighted by Gasteiger charge is 2.15. The SMILES string of the molecule is O=C(Nc1c(F)cccc1F)c1ccc2c(c1)CNCC2. The first kappa shape index (κ1) is 13.7. The van der Waals surface area contributed by atoms with Crippen LogP contribution in [0.5, 0.6) is 0 Å². The zero-order chi connectivity index (χ0) is 14.8. The summed E-state index contributed by atoms with van der Waals surface area (Å²) in [6.07, 6.45) is 0.916. The first-order valence-corrected chi connectivity index (χ1v) is 6.73. The van der Waals surface area contributed by atoms with Crippen LogP contribution in [0.25, 0.3) is 0 Å². The van der Waals surface area contributed by atoms with Crippen molar-refractivity contribution in [3.05, 3.63) is 64.7 Å². The first-order chi connectivity index (χ1) is 10.1. The Hall–Kier alpha value is -2.27. The normalized spacial score (nSPS) is 13.6. The summed E-state index contributed by atoms with van der Waals surface area (Å²) >= 11 is 0. The van der Waals surface area contributed by atoms with Gasteiger partial charge in [0.2, 0.25) is 0 Å². The fraction of sp³-hybridized carbons (Fsp3) is 0.188. The van der Waals surface area contributed by atoms with Gasteiger partial charge in [0.15, 0.2) is 0 Å². The number of halogens is 2. The molecule has 1 heterocycles. The lowest BCUT2D eigenvalue weighted by Gasteiger charge is -2.17. The standard InChI is InChI=1S/C16H14F2N2O/c17-13-2-1-3-14(18)15(13)20-16(21)11-5-4-10-6-7-19-9-12(10)8-11/h1-5,8,19H,6-7,9H2,(H,20,21). The summed E-state index contributed by atoms with van der Waals surface area (Å²) in [5.41, 5.74) is 2.21. The number of hydrogen-bond donors (Lipinski definition) is 2. The van der Waals surface area contributed by atoms with E-state index in [4.69, 9.17) is 0 Å². The highest BCUT2D eigenvalue weighted by molar-refractivity contribution is 6.04. The number of carbonyl (C=O) groups is 1. The lowest BCUT2D eigenvalue weighted by atomic mass is 9.98. The first-order valence-electron chi connectivity index (χ1n) is 6.73. The van der Waals surface area contributed by atoms with Crippen molar-refractivity contribution in [3.8, 4) is 0 Å². The fourth-order valence-corrected chi connectivity index (χ4v) is 2.42. The van der Waals surface area contributed by atoms with Crippen LogP contribution in [0, 0.1) is 11.6 Å². The third-order valence-electron chi connectivity index (χ3n) is 3.56. The molecule has 0 bridgehead atoms. The maximum atomic E-state index is 13.5. The van der Waals surface area contributed by atoms with Crippen LogP contribution in [-0.4, -0.2) is 12.5 Å². The van der Waals surface area contributed by atoms with Crippen LogP contribution in [0.4, 0.5) is 14.5 Å². The molecule has 1 aliphatic heterocycles. The smallest absolute Gasteiger partial charge is 0.255 e. The average Bonchev–Trinajstić information content (AvgIpc) is 2.50. The van der Waals surface area contributed by atoms with E-state index in [-0.39, 0.29) is 0 Å². The van der Waals surface area contributed by atoms with Crippen molar-refractivity contribution < 1.29 is 13.6 Å². The molecule has 108 valence electrons. The molecule has 3 nitrogen and oxygen atoms in total. The molecule has 3 rings (SSSR count). The second-order valence-electron chi connectivity index (χ2n) is 4.96. The van der Waals surface area contributed by atoms with Gasteiger partial charge in [-0.2, -0.15) is 0 Å². The molecule has 0 aromatic heterocycles. The second-order valence-corrected chi connectivity index (χ2v) is 4.96. The minimum atomic E-state index is -0.789. The van der Waals surface area contributed by atoms with Gasteiger partial charge >= 0.3 is 0 Å². The highest BCUT2D eigenvalue weighted by atomic mass is 19.1. The van der Waals surface area contributed by atoms with Crippen molar-refractivity contribution in [2.24, 2.45) is 0 Å². The van der Waals surface area contributed by atoms with E-state index < -0.39 is 23.2 Å². The van der Waals surface area contributed by atoms with Crippen molar-refractivity contribution in [3.63, 3.8) is 0 Å². The Balaban J connectivity index is 1.86. The minimum Gasteiger partial charge on any atom is -0.317 e. The molecule has 1 aliphatic rings. The Morgan fingerprint density at radius 3 is 2.62 bits per heavy atom. The number of amides is 1. The van der Waals surface area contributed by atoms with Gasteiger partial charge in [0.05, 0.1) is 0 Å². The predicted molar refractivity (Wildman–Crippen MR) is 76.2 cm³/mol. The topological polar surface area (TPSA) is 41.1 Å². The Morgan fingerprint density at radius 1 is 1.10 bits per heavy atom. The molecule has 0 radical (unpaired) electrons. The quantitative estimate of drug-likeness (QED) is 0.892. The van der Waals surface area contributed by atoms with Crippen molar-refractivity contribution in [2.45, 2.75) is 13.0 Å². The van der Waals surface area contributed by atoms with Gasteiger partial charge in [0, 0.05) is 12.1 Å². The molecule has 1 amide bonds. The summed E-state index contributed by atoms with van der Waals surface area (Å²) in [6.45, 7) is 1.61. The molecule has 0 atom stereocenters. The molecular weight excluding hydrogens is 274 g/mol. The number of para-hydroxylation sites is 1. The lowest BCUT2D eigenvalue weighted by molar-refractivity contribution is 0.102. The molecule has 5 heteroatoms. The molecule has 2 aromatic rings. The Bertz CT molecular complexity index is 680. The molecule has 2 aromatic carbocycles. The molecule has 21 heavy (non-hydrogen) atoms. The van der Waals surface area contributed by atoms with Crippen LogP contribution < -0.4 is 10.6 Å². The van der Waals surface area contributed by atoms with Gasteiger partial charge in [-0.25, -0.2) is 8.78 Å². The zero-order valence-electron chi connectivity index (χ0n) is 11.2. The number of carbonyl (C=O) groups excluding carboxylic acids is 1. The molecule has 0 unspecified atom stereocenters. The van der Waals surface area contributed by atoms with E-state index in [0.29, 0.717) is 12.1 Å². The lowest BCUT2D eigenvalue weighted by Crippen LogP contribution is -2.24. The molecule has 0 spiro atoms. The Morgan fingerprint density at radius 2 is 1.86 bits per heavy atom. The third kappa shape index (κ3) is 2.78. The maximum absolute atomic E-state index is 13.5. The number of fused-ring (bicyclic) bond motifs is 1. The average molecular weight is 288 g/mol. The number of nitrogens with one attached hydrogen (secondary N) is 2. The van der Waals surface area contributed by atoms with Gasteiger partial charge in [-0.3, -0.25) is 4.79 Å². The number of hydrogen-bond acceptors (Lipinski definition) is 2. The summed E-state index contributed by atoms with van der Waals surface area (Å²) < 4.78 is 27.1. The summed E-state index contributed by atoms with van der Waals surface area (Å²) in [7, 11) is 0. The van der Waals surface area contributed by atoms with Crippen molar-refractivity contribution in [1.29, 1.82) is 0 Å². The molecule has 0 aliphatic carbocycles. The predicted octanol–water partition coefficient (Wildman–Crippen LogP) is 2.86. The van der Waals surface area contributed by atoms with Crippen molar-refractivity contribution in [1.82, 2.24) is 5.32 Å². The van der Waals surface area contributed by atoms with Gasteiger partial charge in [-0.15, -0.1) is 0 Å². The second kappa shape index (κ2) is 5.61. The molecule has 0 saturated carbocycles. The summed E-state index contributed by atoms with van der Waals surface area (Å²) in [4.78, 5) is 12.1. The van der Waals surface area contributed by atoms with E-state index in [1.807, 2.05) is 6.07 Å². The third-order valence-corrected chi connectivity index (χ3v) is 3.56. The van der Waals surface area contributed by atoms with Crippen LogP contribution >= 0.6 is 0 Å². The summed E-state index contributed by atoms with van der Waals surface area (Å²) in [5, 5.41) is 5.52. The Kier molecular flexibility index (Phi) is 3.66. The van der Waals surface area contributed by atoms with Crippen LogP contribution in [-0.2, 0) is 13.0 Å². The van der Waals surface area contributed by atoms with E-state index in [1.165, 1.54) is 11.6 Å². The molecular formula is C16H14F2N2O. The highest BCUT2D eigenvalue weighted by Crippen LogP contribution is 2.20. The van der Waals surface area contributed by atoms with Gasteiger partial charge < -0.3 is 10.6 Å². The monoisotopic (exact) mass is 288 g/mol. The largest absolute Gasteiger partial charge is 0.317 e. The number of rotatable bonds is 2. The minimum absolute atomic E-state index is 0.389. The maximum Gasteiger partial charge on any atom is 0.255 e. The van der Waals surface area contributed by atoms with E-state index in [2.05, 4.69) is 10.6 Å². The van der Waals surface area contributed by atoms with Crippen LogP contribution in [0.2, 0.25) is 0 Å². The van der Waals surface area contributed by atoms with E-state index >= 15 is 0 Å². The van der Waals surface area contributed by atoms with Crippen LogP contribution in [0.3, 0.4) is 0 Å². The molecule has 0 saturated heterocycles. The number of benzene rings is 2. The van der Waals surface area contributed by atoms with Gasteiger partial charge in [-0.05, 0) is 48.4 Å². The van der Waals surface area contributed by atoms with Gasteiger partial charge in [-0.1, -0.05) is 12.1 Å². The van der Waals surface area contributed by atoms with Crippen LogP contribution in [0.1, 0.15) is 21.5 Å². The van der Waals surface area contributed by atoms with Crippen molar-refractivity contribution >= 4 is 11.6 Å². The number of anilines is 1. The molecule has 0 fully saturated rings. The van der Waals surface area contributed by atoms with Gasteiger partial charge in [0.25, 0.3) is 5.91 Å². The summed E-state index contributed by atoms with van der Waals surface area (Å²) in [5.74, 6) is -2.10. The zero-order valence-corrected chi connectivity index (χ0v) is 11.2. The molecule has 2 N–H and O–H groups in total. The van der Waals surface area contributed by atoms with E-state index in [1.54, 1.807) is 12.1 Å². The van der Waals surface area contributed by atoms with Crippen LogP contribution in [0.15, 0.2) is 36.4 Å². The van der Waals surface area contributed by atoms with Gasteiger partial charge in [0.1, 0.15) is 17.3 Å². The fourth-order valence-electron chi connectivity index (χ4n) is 2.42. The summed E-state index contributed by atoms with van der Waals surface area (Å²) in [6, 6.07) is 8.80. The Labute approximate surface area is 121 Å². The van der Waals surface area contributed by atoms with E-state index in [9.17, 15) is 13.6 Å². The van der Waals surface area contributed by atoms with E-state index in [0.717, 1.165) is 30.7 Å².